The monoisotopic (exact) mass is 477 g/mol. The van der Waals surface area contributed by atoms with Crippen LogP contribution in [-0.4, -0.2) is 67.3 Å². The Labute approximate surface area is 204 Å². The lowest BCUT2D eigenvalue weighted by Gasteiger charge is -2.22. The van der Waals surface area contributed by atoms with E-state index in [4.69, 9.17) is 4.74 Å². The molecule has 3 aliphatic rings. The Hall–Kier alpha value is -3.39. The van der Waals surface area contributed by atoms with E-state index in [0.717, 1.165) is 17.5 Å². The SMILES string of the molecule is CN(C)CC(NC(=O)[C@]12C[C@H](NC(=O)OCC3c4ccccc4-c4ccccc43)C[C@H]1C2)C(=O)O. The number of likely N-dealkylation sites (N-methyl/N-ethyl adjacent to an activating group) is 1. The molecule has 35 heavy (non-hydrogen) atoms. The van der Waals surface area contributed by atoms with Gasteiger partial charge in [0.15, 0.2) is 0 Å². The van der Waals surface area contributed by atoms with E-state index in [1.807, 2.05) is 24.3 Å². The first-order valence-corrected chi connectivity index (χ1v) is 12.1. The summed E-state index contributed by atoms with van der Waals surface area (Å²) in [7, 11) is 3.54. The van der Waals surface area contributed by atoms with Crippen LogP contribution in [0.15, 0.2) is 48.5 Å². The van der Waals surface area contributed by atoms with Crippen molar-refractivity contribution in [2.24, 2.45) is 11.3 Å². The Morgan fingerprint density at radius 3 is 2.29 bits per heavy atom. The van der Waals surface area contributed by atoms with Crippen LogP contribution in [-0.2, 0) is 14.3 Å². The Bertz CT molecular complexity index is 1120. The summed E-state index contributed by atoms with van der Waals surface area (Å²) in [6.07, 6.45) is 1.45. The zero-order valence-electron chi connectivity index (χ0n) is 20.0. The number of carbonyl (C=O) groups is 3. The molecule has 5 rings (SSSR count). The number of carbonyl (C=O) groups excluding carboxylic acids is 2. The average Bonchev–Trinajstić information content (AvgIpc) is 3.25. The highest BCUT2D eigenvalue weighted by Gasteiger charge is 2.65. The lowest BCUT2D eigenvalue weighted by molar-refractivity contribution is -0.143. The Morgan fingerprint density at radius 1 is 1.06 bits per heavy atom. The Balaban J connectivity index is 1.16. The first-order valence-electron chi connectivity index (χ1n) is 12.1. The van der Waals surface area contributed by atoms with Crippen molar-refractivity contribution in [3.05, 3.63) is 59.7 Å². The second-order valence-electron chi connectivity index (χ2n) is 10.3. The zero-order valence-corrected chi connectivity index (χ0v) is 20.0. The minimum Gasteiger partial charge on any atom is -0.480 e. The number of amides is 2. The lowest BCUT2D eigenvalue weighted by atomic mass is 9.98. The minimum atomic E-state index is -1.05. The van der Waals surface area contributed by atoms with Crippen LogP contribution >= 0.6 is 0 Å². The summed E-state index contributed by atoms with van der Waals surface area (Å²) in [4.78, 5) is 38.8. The first-order chi connectivity index (χ1) is 16.8. The molecule has 2 aromatic rings. The number of ether oxygens (including phenoxy) is 1. The van der Waals surface area contributed by atoms with Crippen molar-refractivity contribution < 1.29 is 24.2 Å². The molecule has 0 radical (unpaired) electrons. The van der Waals surface area contributed by atoms with Gasteiger partial charge in [0.05, 0.1) is 5.41 Å². The number of fused-ring (bicyclic) bond motifs is 4. The number of carboxylic acid groups (broad SMARTS) is 1. The van der Waals surface area contributed by atoms with E-state index in [-0.39, 0.29) is 36.9 Å². The summed E-state index contributed by atoms with van der Waals surface area (Å²) in [5.41, 5.74) is 4.08. The molecule has 3 aliphatic carbocycles. The molecule has 3 N–H and O–H groups in total. The van der Waals surface area contributed by atoms with Crippen LogP contribution in [0.2, 0.25) is 0 Å². The molecule has 0 saturated heterocycles. The third-order valence-corrected chi connectivity index (χ3v) is 7.68. The van der Waals surface area contributed by atoms with Crippen LogP contribution < -0.4 is 10.6 Å². The van der Waals surface area contributed by atoms with Gasteiger partial charge in [-0.05, 0) is 61.5 Å². The molecule has 1 unspecified atom stereocenters. The van der Waals surface area contributed by atoms with Gasteiger partial charge in [0.2, 0.25) is 5.91 Å². The summed E-state index contributed by atoms with van der Waals surface area (Å²) in [6.45, 7) is 0.468. The number of alkyl carbamates (subject to hydrolysis) is 1. The predicted molar refractivity (Wildman–Crippen MR) is 130 cm³/mol. The van der Waals surface area contributed by atoms with Gasteiger partial charge in [0, 0.05) is 18.5 Å². The second-order valence-corrected chi connectivity index (χ2v) is 10.3. The summed E-state index contributed by atoms with van der Waals surface area (Å²) in [5.74, 6) is -1.12. The molecule has 8 nitrogen and oxygen atoms in total. The molecule has 0 spiro atoms. The van der Waals surface area contributed by atoms with Crippen molar-refractivity contribution in [1.29, 1.82) is 0 Å². The number of benzene rings is 2. The molecular formula is C27H31N3O5. The molecular weight excluding hydrogens is 446 g/mol. The van der Waals surface area contributed by atoms with Crippen molar-refractivity contribution in [2.45, 2.75) is 37.3 Å². The predicted octanol–water partition coefficient (Wildman–Crippen LogP) is 2.82. The van der Waals surface area contributed by atoms with E-state index >= 15 is 0 Å². The zero-order chi connectivity index (χ0) is 24.7. The maximum Gasteiger partial charge on any atom is 0.407 e. The molecule has 4 atom stereocenters. The van der Waals surface area contributed by atoms with Crippen LogP contribution in [0.4, 0.5) is 4.79 Å². The van der Waals surface area contributed by atoms with E-state index in [2.05, 4.69) is 34.9 Å². The maximum atomic E-state index is 12.9. The van der Waals surface area contributed by atoms with Crippen LogP contribution in [0, 0.1) is 11.3 Å². The van der Waals surface area contributed by atoms with Gasteiger partial charge in [-0.3, -0.25) is 4.79 Å². The van der Waals surface area contributed by atoms with E-state index < -0.39 is 23.5 Å². The van der Waals surface area contributed by atoms with Gasteiger partial charge in [0.1, 0.15) is 12.6 Å². The van der Waals surface area contributed by atoms with E-state index in [9.17, 15) is 19.5 Å². The largest absolute Gasteiger partial charge is 0.480 e. The normalized spacial score (nSPS) is 24.8. The van der Waals surface area contributed by atoms with Crippen LogP contribution in [0.25, 0.3) is 11.1 Å². The van der Waals surface area contributed by atoms with Gasteiger partial charge in [-0.1, -0.05) is 48.5 Å². The molecule has 0 aromatic heterocycles. The van der Waals surface area contributed by atoms with Crippen molar-refractivity contribution in [1.82, 2.24) is 15.5 Å². The van der Waals surface area contributed by atoms with Crippen molar-refractivity contribution in [3.8, 4) is 11.1 Å². The average molecular weight is 478 g/mol. The number of aliphatic carboxylic acids is 1. The third-order valence-electron chi connectivity index (χ3n) is 7.68. The number of hydrogen-bond donors (Lipinski definition) is 3. The fourth-order valence-electron chi connectivity index (χ4n) is 5.95. The van der Waals surface area contributed by atoms with E-state index in [1.54, 1.807) is 19.0 Å². The first kappa shape index (κ1) is 23.4. The summed E-state index contributed by atoms with van der Waals surface area (Å²) in [6, 6.07) is 15.3. The van der Waals surface area contributed by atoms with Crippen molar-refractivity contribution in [2.75, 3.05) is 27.2 Å². The highest BCUT2D eigenvalue weighted by molar-refractivity contribution is 5.90. The van der Waals surface area contributed by atoms with Gasteiger partial charge in [-0.15, -0.1) is 0 Å². The van der Waals surface area contributed by atoms with Crippen molar-refractivity contribution in [3.63, 3.8) is 0 Å². The number of hydrogen-bond acceptors (Lipinski definition) is 5. The third kappa shape index (κ3) is 4.38. The standard InChI is InChI=1S/C27H31N3O5/c1-30(2)14-23(24(31)32)29-25(33)27-12-16(27)11-17(13-27)28-26(34)35-15-22-20-9-5-3-7-18(20)19-8-4-6-10-21(19)22/h3-10,16-17,22-23H,11-15H2,1-2H3,(H,28,34)(H,29,33)(H,31,32)/t16-,17+,23?,27+/m0/s1. The molecule has 0 bridgehead atoms. The van der Waals surface area contributed by atoms with Gasteiger partial charge in [-0.25, -0.2) is 9.59 Å². The number of nitrogens with zero attached hydrogens (tertiary/aromatic N) is 1. The van der Waals surface area contributed by atoms with Crippen molar-refractivity contribution >= 4 is 18.0 Å². The van der Waals surface area contributed by atoms with Gasteiger partial charge >= 0.3 is 12.1 Å². The summed E-state index contributed by atoms with van der Waals surface area (Å²) in [5, 5.41) is 15.1. The Morgan fingerprint density at radius 2 is 1.69 bits per heavy atom. The number of nitrogens with one attached hydrogen (secondary N) is 2. The molecule has 2 aromatic carbocycles. The molecule has 2 amide bonds. The number of rotatable bonds is 8. The fraction of sp³-hybridized carbons (Fsp3) is 0.444. The summed E-state index contributed by atoms with van der Waals surface area (Å²) >= 11 is 0. The quantitative estimate of drug-likeness (QED) is 0.540. The molecule has 0 aliphatic heterocycles. The van der Waals surface area contributed by atoms with E-state index in [1.165, 1.54) is 11.1 Å². The molecule has 2 saturated carbocycles. The van der Waals surface area contributed by atoms with Gasteiger partial charge in [0.25, 0.3) is 0 Å². The molecule has 184 valence electrons. The highest BCUT2D eigenvalue weighted by Crippen LogP contribution is 2.63. The Kier molecular flexibility index (Phi) is 6.01. The minimum absolute atomic E-state index is 0.00750. The topological polar surface area (TPSA) is 108 Å². The molecule has 0 heterocycles. The molecule has 2 fully saturated rings. The van der Waals surface area contributed by atoms with Gasteiger partial charge < -0.3 is 25.4 Å². The lowest BCUT2D eigenvalue weighted by Crippen LogP contribution is -2.49. The van der Waals surface area contributed by atoms with Crippen LogP contribution in [0.5, 0.6) is 0 Å². The highest BCUT2D eigenvalue weighted by atomic mass is 16.5. The second kappa shape index (κ2) is 9.00. The van der Waals surface area contributed by atoms with E-state index in [0.29, 0.717) is 12.8 Å². The smallest absolute Gasteiger partial charge is 0.407 e. The maximum absolute atomic E-state index is 12.9. The summed E-state index contributed by atoms with van der Waals surface area (Å²) < 4.78 is 5.65. The van der Waals surface area contributed by atoms with Gasteiger partial charge in [-0.2, -0.15) is 0 Å². The fourth-order valence-corrected chi connectivity index (χ4v) is 5.95. The molecule has 8 heteroatoms. The number of carboxylic acids is 1. The van der Waals surface area contributed by atoms with Crippen LogP contribution in [0.3, 0.4) is 0 Å². The van der Waals surface area contributed by atoms with Crippen LogP contribution in [0.1, 0.15) is 36.3 Å².